The van der Waals surface area contributed by atoms with Crippen molar-refractivity contribution in [1.82, 2.24) is 15.0 Å². The number of hydrogen-bond acceptors (Lipinski definition) is 2. The first kappa shape index (κ1) is 19.6. The first-order chi connectivity index (χ1) is 11.7. The zero-order chi connectivity index (χ0) is 18.8. The van der Waals surface area contributed by atoms with Gasteiger partial charge in [0, 0.05) is 0 Å². The van der Waals surface area contributed by atoms with Crippen molar-refractivity contribution in [2.24, 2.45) is 11.8 Å². The summed E-state index contributed by atoms with van der Waals surface area (Å²) >= 11 is 0. The fraction of sp³-hybridized carbons (Fsp3) is 0.619. The minimum Gasteiger partial charge on any atom is -0.239 e. The van der Waals surface area contributed by atoms with Gasteiger partial charge in [-0.1, -0.05) is 44.2 Å². The van der Waals surface area contributed by atoms with E-state index < -0.39 is 11.2 Å². The third kappa shape index (κ3) is 3.23. The molecule has 0 saturated carbocycles. The molecule has 3 nitrogen and oxygen atoms in total. The van der Waals surface area contributed by atoms with Crippen LogP contribution in [-0.2, 0) is 17.6 Å². The molecule has 138 valence electrons. The normalized spacial score (nSPS) is 25.6. The molecule has 0 saturated heterocycles. The van der Waals surface area contributed by atoms with E-state index in [0.717, 1.165) is 31.4 Å². The fourth-order valence-corrected chi connectivity index (χ4v) is 3.79. The molecule has 1 aromatic heterocycles. The van der Waals surface area contributed by atoms with Gasteiger partial charge in [-0.25, -0.2) is 9.07 Å². The molecule has 0 bridgehead atoms. The molecule has 0 amide bonds. The molecule has 4 atom stereocenters. The first-order valence-corrected chi connectivity index (χ1v) is 9.29. The third-order valence-electron chi connectivity index (χ3n) is 6.20. The molecule has 0 spiro atoms. The predicted octanol–water partition coefficient (Wildman–Crippen LogP) is 5.49. The molecule has 25 heavy (non-hydrogen) atoms. The van der Waals surface area contributed by atoms with Crippen LogP contribution in [0.3, 0.4) is 0 Å². The Hall–Kier alpha value is -1.71. The predicted molar refractivity (Wildman–Crippen MR) is 102 cm³/mol. The van der Waals surface area contributed by atoms with Gasteiger partial charge in [0.1, 0.15) is 5.69 Å². The average Bonchev–Trinajstić information content (AvgIpc) is 3.01. The van der Waals surface area contributed by atoms with Gasteiger partial charge in [-0.15, -0.1) is 18.3 Å². The molecule has 1 aliphatic carbocycles. The van der Waals surface area contributed by atoms with Gasteiger partial charge in [-0.3, -0.25) is 0 Å². The lowest BCUT2D eigenvalue weighted by Gasteiger charge is -2.37. The average molecular weight is 346 g/mol. The maximum Gasteiger partial charge on any atom is 0.176 e. The molecule has 0 N–H and O–H groups in total. The van der Waals surface area contributed by atoms with Crippen molar-refractivity contribution in [3.05, 3.63) is 48.8 Å². The Bertz CT molecular complexity index is 662. The summed E-state index contributed by atoms with van der Waals surface area (Å²) < 4.78 is 17.7. The van der Waals surface area contributed by atoms with E-state index in [2.05, 4.69) is 50.8 Å². The zero-order valence-electron chi connectivity index (χ0n) is 16.2. The Balaban J connectivity index is 2.63. The first-order valence-electron chi connectivity index (χ1n) is 9.29. The summed E-state index contributed by atoms with van der Waals surface area (Å²) in [6.07, 6.45) is 7.93. The second-order valence-electron chi connectivity index (χ2n) is 7.75. The van der Waals surface area contributed by atoms with Crippen molar-refractivity contribution < 1.29 is 4.39 Å². The minimum absolute atomic E-state index is 0.206. The maximum absolute atomic E-state index is 15.8. The SMILES string of the molecule is C=CC(C)C(C)C(C)(C=C)n1nnc2c1CCCCCC2(F)C(=C)C. The standard InChI is InChI=1S/C21H32FN3/c1-8-16(5)17(6)20(7,9-2)25-18-13-11-10-12-14-21(22,15(3)4)19(18)23-24-25/h8-9,16-17H,1-3,10-14H2,4-7H3. The van der Waals surface area contributed by atoms with Crippen molar-refractivity contribution in [2.45, 2.75) is 71.0 Å². The highest BCUT2D eigenvalue weighted by Crippen LogP contribution is 2.43. The summed E-state index contributed by atoms with van der Waals surface area (Å²) in [6.45, 7) is 20.0. The van der Waals surface area contributed by atoms with Crippen LogP contribution in [-0.4, -0.2) is 15.0 Å². The molecule has 1 heterocycles. The molecule has 4 unspecified atom stereocenters. The second-order valence-corrected chi connectivity index (χ2v) is 7.75. The van der Waals surface area contributed by atoms with Gasteiger partial charge in [0.25, 0.3) is 0 Å². The van der Waals surface area contributed by atoms with Crippen LogP contribution < -0.4 is 0 Å². The molecular weight excluding hydrogens is 313 g/mol. The van der Waals surface area contributed by atoms with E-state index >= 15 is 4.39 Å². The number of allylic oxidation sites excluding steroid dienone is 3. The summed E-state index contributed by atoms with van der Waals surface area (Å²) in [4.78, 5) is 0. The van der Waals surface area contributed by atoms with Gasteiger partial charge in [0.05, 0.1) is 11.2 Å². The Morgan fingerprint density at radius 1 is 1.32 bits per heavy atom. The van der Waals surface area contributed by atoms with Crippen molar-refractivity contribution >= 4 is 0 Å². The van der Waals surface area contributed by atoms with Crippen LogP contribution in [0.5, 0.6) is 0 Å². The van der Waals surface area contributed by atoms with E-state index in [1.807, 2.05) is 16.8 Å². The third-order valence-corrected chi connectivity index (χ3v) is 6.20. The van der Waals surface area contributed by atoms with Gasteiger partial charge in [0.2, 0.25) is 0 Å². The van der Waals surface area contributed by atoms with Gasteiger partial charge >= 0.3 is 0 Å². The topological polar surface area (TPSA) is 30.7 Å². The van der Waals surface area contributed by atoms with Crippen LogP contribution >= 0.6 is 0 Å². The highest BCUT2D eigenvalue weighted by molar-refractivity contribution is 5.30. The summed E-state index contributed by atoms with van der Waals surface area (Å²) in [5, 5.41) is 8.74. The Morgan fingerprint density at radius 3 is 2.56 bits per heavy atom. The lowest BCUT2D eigenvalue weighted by molar-refractivity contribution is 0.178. The number of aromatic nitrogens is 3. The van der Waals surface area contributed by atoms with E-state index in [1.165, 1.54) is 0 Å². The van der Waals surface area contributed by atoms with E-state index in [9.17, 15) is 0 Å². The highest BCUT2D eigenvalue weighted by atomic mass is 19.1. The van der Waals surface area contributed by atoms with Crippen molar-refractivity contribution in [1.29, 1.82) is 0 Å². The van der Waals surface area contributed by atoms with E-state index in [-0.39, 0.29) is 11.8 Å². The van der Waals surface area contributed by atoms with E-state index in [1.54, 1.807) is 6.92 Å². The summed E-state index contributed by atoms with van der Waals surface area (Å²) in [5.74, 6) is 0.477. The fourth-order valence-electron chi connectivity index (χ4n) is 3.79. The minimum atomic E-state index is -1.59. The number of rotatable bonds is 6. The van der Waals surface area contributed by atoms with E-state index in [4.69, 9.17) is 0 Å². The molecule has 0 fully saturated rings. The van der Waals surface area contributed by atoms with Gasteiger partial charge in [-0.2, -0.15) is 0 Å². The monoisotopic (exact) mass is 345 g/mol. The number of alkyl halides is 1. The van der Waals surface area contributed by atoms with Crippen molar-refractivity contribution in [3.63, 3.8) is 0 Å². The van der Waals surface area contributed by atoms with Crippen LogP contribution in [0.4, 0.5) is 4.39 Å². The van der Waals surface area contributed by atoms with Crippen LogP contribution in [0.15, 0.2) is 37.5 Å². The van der Waals surface area contributed by atoms with Crippen LogP contribution in [0.1, 0.15) is 64.8 Å². The molecule has 0 radical (unpaired) electrons. The molecule has 0 aromatic carbocycles. The van der Waals surface area contributed by atoms with Crippen LogP contribution in [0.2, 0.25) is 0 Å². The molecule has 0 aliphatic heterocycles. The summed E-state index contributed by atoms with van der Waals surface area (Å²) in [7, 11) is 0. The second kappa shape index (κ2) is 7.27. The smallest absolute Gasteiger partial charge is 0.176 e. The summed E-state index contributed by atoms with van der Waals surface area (Å²) in [5.41, 5.74) is -0.204. The number of fused-ring (bicyclic) bond motifs is 1. The molecular formula is C21H32FN3. The highest BCUT2D eigenvalue weighted by Gasteiger charge is 2.43. The van der Waals surface area contributed by atoms with Crippen LogP contribution in [0, 0.1) is 11.8 Å². The number of halogens is 1. The Kier molecular flexibility index (Phi) is 5.70. The summed E-state index contributed by atoms with van der Waals surface area (Å²) in [6, 6.07) is 0. The molecule has 1 aromatic rings. The quantitative estimate of drug-likeness (QED) is 0.638. The Morgan fingerprint density at radius 2 is 2.00 bits per heavy atom. The van der Waals surface area contributed by atoms with Crippen molar-refractivity contribution in [3.8, 4) is 0 Å². The van der Waals surface area contributed by atoms with Crippen molar-refractivity contribution in [2.75, 3.05) is 0 Å². The number of hydrogen-bond donors (Lipinski definition) is 0. The molecule has 4 heteroatoms. The maximum atomic E-state index is 15.8. The molecule has 2 rings (SSSR count). The van der Waals surface area contributed by atoms with Crippen LogP contribution in [0.25, 0.3) is 0 Å². The molecule has 1 aliphatic rings. The van der Waals surface area contributed by atoms with Gasteiger partial charge in [0.15, 0.2) is 5.67 Å². The van der Waals surface area contributed by atoms with Gasteiger partial charge in [-0.05, 0) is 56.9 Å². The Labute approximate surface area is 151 Å². The van der Waals surface area contributed by atoms with Gasteiger partial charge < -0.3 is 0 Å². The van der Waals surface area contributed by atoms with E-state index in [0.29, 0.717) is 17.7 Å². The lowest BCUT2D eigenvalue weighted by atomic mass is 9.78. The number of nitrogens with zero attached hydrogens (tertiary/aromatic N) is 3. The zero-order valence-corrected chi connectivity index (χ0v) is 16.2. The largest absolute Gasteiger partial charge is 0.239 e. The lowest BCUT2D eigenvalue weighted by Crippen LogP contribution is -2.40.